The average Bonchev–Trinajstić information content (AvgIpc) is 3.34. The molecule has 0 aliphatic carbocycles. The van der Waals surface area contributed by atoms with Crippen LogP contribution in [0.3, 0.4) is 0 Å². The molecule has 31 heavy (non-hydrogen) atoms. The summed E-state index contributed by atoms with van der Waals surface area (Å²) in [5, 5.41) is 9.62. The van der Waals surface area contributed by atoms with Gasteiger partial charge in [-0.1, -0.05) is 18.2 Å². The van der Waals surface area contributed by atoms with Crippen LogP contribution in [0.4, 0.5) is 0 Å². The predicted molar refractivity (Wildman–Crippen MR) is 117 cm³/mol. The standard InChI is InChI=1S/C16H20N2O4.C7H5NO/c1-16(2,3)22-15(21)10-5-4-6-12-13(10)9(8-18-12)7-11(17)14(19)20;1-2-4-7-6(3-1)8-5-9-7/h4-6,8,11,18H,7,17H2,1-3H3,(H,19,20);1-5H/t11-;/m0./s1. The molecule has 0 aliphatic rings. The number of aromatic amines is 1. The van der Waals surface area contributed by atoms with Gasteiger partial charge in [0.25, 0.3) is 0 Å². The Kier molecular flexibility index (Phi) is 6.41. The van der Waals surface area contributed by atoms with Crippen molar-refractivity contribution in [1.29, 1.82) is 0 Å². The lowest BCUT2D eigenvalue weighted by atomic mass is 10.0. The summed E-state index contributed by atoms with van der Waals surface area (Å²) in [5.41, 5.74) is 8.59. The molecule has 1 atom stereocenters. The lowest BCUT2D eigenvalue weighted by molar-refractivity contribution is -0.138. The first-order valence-corrected chi connectivity index (χ1v) is 9.74. The van der Waals surface area contributed by atoms with Crippen molar-refractivity contribution in [1.82, 2.24) is 9.97 Å². The Morgan fingerprint density at radius 2 is 1.94 bits per heavy atom. The van der Waals surface area contributed by atoms with Gasteiger partial charge in [0, 0.05) is 23.5 Å². The van der Waals surface area contributed by atoms with E-state index in [1.54, 1.807) is 39.1 Å². The number of rotatable bonds is 4. The van der Waals surface area contributed by atoms with Gasteiger partial charge in [-0.05, 0) is 50.6 Å². The number of H-pyrrole nitrogens is 1. The van der Waals surface area contributed by atoms with Gasteiger partial charge >= 0.3 is 11.9 Å². The van der Waals surface area contributed by atoms with Crippen molar-refractivity contribution < 1.29 is 23.8 Å². The van der Waals surface area contributed by atoms with E-state index < -0.39 is 23.6 Å². The fraction of sp³-hybridized carbons (Fsp3) is 0.261. The van der Waals surface area contributed by atoms with E-state index in [0.717, 1.165) is 16.6 Å². The molecule has 2 aromatic carbocycles. The lowest BCUT2D eigenvalue weighted by Gasteiger charge is -2.20. The summed E-state index contributed by atoms with van der Waals surface area (Å²) in [5.74, 6) is -1.52. The molecule has 8 nitrogen and oxygen atoms in total. The number of carboxylic acid groups (broad SMARTS) is 1. The summed E-state index contributed by atoms with van der Waals surface area (Å²) in [4.78, 5) is 30.3. The van der Waals surface area contributed by atoms with Gasteiger partial charge in [0.1, 0.15) is 17.2 Å². The van der Waals surface area contributed by atoms with Gasteiger partial charge in [0.2, 0.25) is 0 Å². The fourth-order valence-corrected chi connectivity index (χ4v) is 3.05. The number of fused-ring (bicyclic) bond motifs is 2. The fourth-order valence-electron chi connectivity index (χ4n) is 3.05. The van der Waals surface area contributed by atoms with Crippen LogP contribution in [0.25, 0.3) is 22.0 Å². The van der Waals surface area contributed by atoms with Crippen LogP contribution >= 0.6 is 0 Å². The number of carboxylic acids is 1. The Morgan fingerprint density at radius 3 is 2.61 bits per heavy atom. The maximum atomic E-state index is 12.4. The number of aromatic nitrogens is 2. The zero-order valence-electron chi connectivity index (χ0n) is 17.6. The second-order valence-electron chi connectivity index (χ2n) is 8.01. The number of carbonyl (C=O) groups is 2. The van der Waals surface area contributed by atoms with Crippen LogP contribution in [0.15, 0.2) is 59.5 Å². The first-order valence-electron chi connectivity index (χ1n) is 9.74. The van der Waals surface area contributed by atoms with E-state index in [0.29, 0.717) is 16.5 Å². The number of benzene rings is 2. The van der Waals surface area contributed by atoms with Crippen molar-refractivity contribution in [2.24, 2.45) is 5.73 Å². The molecule has 0 bridgehead atoms. The number of hydrogen-bond acceptors (Lipinski definition) is 6. The molecule has 0 amide bonds. The number of para-hydroxylation sites is 2. The number of ether oxygens (including phenoxy) is 1. The van der Waals surface area contributed by atoms with Crippen molar-refractivity contribution >= 4 is 33.9 Å². The van der Waals surface area contributed by atoms with Gasteiger partial charge in [-0.3, -0.25) is 4.79 Å². The molecule has 0 spiro atoms. The van der Waals surface area contributed by atoms with Crippen molar-refractivity contribution in [2.45, 2.75) is 38.8 Å². The molecule has 0 radical (unpaired) electrons. The summed E-state index contributed by atoms with van der Waals surface area (Å²) in [7, 11) is 0. The van der Waals surface area contributed by atoms with Gasteiger partial charge in [-0.25, -0.2) is 9.78 Å². The molecule has 4 N–H and O–H groups in total. The Balaban J connectivity index is 0.000000248. The number of esters is 1. The number of nitrogens with one attached hydrogen (secondary N) is 1. The molecule has 4 rings (SSSR count). The van der Waals surface area contributed by atoms with Gasteiger partial charge in [0.15, 0.2) is 12.0 Å². The molecule has 0 unspecified atom stereocenters. The number of aliphatic carboxylic acids is 1. The maximum Gasteiger partial charge on any atom is 0.339 e. The van der Waals surface area contributed by atoms with Crippen LogP contribution in [-0.4, -0.2) is 38.7 Å². The summed E-state index contributed by atoms with van der Waals surface area (Å²) in [6, 6.07) is 11.9. The number of carbonyl (C=O) groups excluding carboxylic acids is 1. The quantitative estimate of drug-likeness (QED) is 0.424. The van der Waals surface area contributed by atoms with Crippen molar-refractivity contribution in [3.8, 4) is 0 Å². The highest BCUT2D eigenvalue weighted by Gasteiger charge is 2.23. The van der Waals surface area contributed by atoms with Crippen LogP contribution in [0.2, 0.25) is 0 Å². The SMILES string of the molecule is CC(C)(C)OC(=O)c1cccc2[nH]cc(C[C@H](N)C(=O)O)c12.c1ccc2ocnc2c1. The largest absolute Gasteiger partial charge is 0.480 e. The summed E-state index contributed by atoms with van der Waals surface area (Å²) in [6.45, 7) is 5.39. The van der Waals surface area contributed by atoms with Crippen molar-refractivity contribution in [2.75, 3.05) is 0 Å². The first-order chi connectivity index (χ1) is 14.7. The van der Waals surface area contributed by atoms with Crippen molar-refractivity contribution in [3.05, 3.63) is 66.2 Å². The van der Waals surface area contributed by atoms with Crippen LogP contribution in [0, 0.1) is 0 Å². The molecular weight excluding hydrogens is 398 g/mol. The molecular formula is C23H25N3O5. The van der Waals surface area contributed by atoms with E-state index >= 15 is 0 Å². The zero-order valence-corrected chi connectivity index (χ0v) is 17.6. The normalized spacial score (nSPS) is 12.3. The van der Waals surface area contributed by atoms with Gasteiger partial charge < -0.3 is 25.0 Å². The van der Waals surface area contributed by atoms with Crippen LogP contribution < -0.4 is 5.73 Å². The van der Waals surface area contributed by atoms with Crippen molar-refractivity contribution in [3.63, 3.8) is 0 Å². The minimum absolute atomic E-state index is 0.134. The molecule has 162 valence electrons. The number of oxazole rings is 1. The lowest BCUT2D eigenvalue weighted by Crippen LogP contribution is -2.32. The van der Waals surface area contributed by atoms with Crippen LogP contribution in [0.1, 0.15) is 36.7 Å². The van der Waals surface area contributed by atoms with Crippen LogP contribution in [-0.2, 0) is 16.0 Å². The highest BCUT2D eigenvalue weighted by atomic mass is 16.6. The predicted octanol–water partition coefficient (Wildman–Crippen LogP) is 3.91. The zero-order chi connectivity index (χ0) is 22.6. The molecule has 8 heteroatoms. The minimum atomic E-state index is -1.08. The second kappa shape index (κ2) is 9.01. The van der Waals surface area contributed by atoms with E-state index in [9.17, 15) is 9.59 Å². The summed E-state index contributed by atoms with van der Waals surface area (Å²) in [6.07, 6.45) is 3.27. The topological polar surface area (TPSA) is 131 Å². The number of nitrogens with zero attached hydrogens (tertiary/aromatic N) is 1. The molecule has 2 aromatic heterocycles. The molecule has 0 saturated carbocycles. The third-order valence-electron chi connectivity index (χ3n) is 4.40. The molecule has 0 fully saturated rings. The van der Waals surface area contributed by atoms with Gasteiger partial charge in [-0.2, -0.15) is 0 Å². The van der Waals surface area contributed by atoms with Crippen LogP contribution in [0.5, 0.6) is 0 Å². The third kappa shape index (κ3) is 5.49. The Labute approximate surface area is 179 Å². The maximum absolute atomic E-state index is 12.4. The highest BCUT2D eigenvalue weighted by Crippen LogP contribution is 2.25. The Hall–Kier alpha value is -3.65. The summed E-state index contributed by atoms with van der Waals surface area (Å²) < 4.78 is 10.4. The van der Waals surface area contributed by atoms with E-state index in [4.69, 9.17) is 20.0 Å². The van der Waals surface area contributed by atoms with E-state index in [1.165, 1.54) is 6.39 Å². The van der Waals surface area contributed by atoms with Gasteiger partial charge in [-0.15, -0.1) is 0 Å². The van der Waals surface area contributed by atoms with E-state index in [1.807, 2.05) is 30.3 Å². The molecule has 2 heterocycles. The van der Waals surface area contributed by atoms with E-state index in [2.05, 4.69) is 9.97 Å². The Morgan fingerprint density at radius 1 is 1.19 bits per heavy atom. The second-order valence-corrected chi connectivity index (χ2v) is 8.01. The third-order valence-corrected chi connectivity index (χ3v) is 4.40. The summed E-state index contributed by atoms with van der Waals surface area (Å²) >= 11 is 0. The number of hydrogen-bond donors (Lipinski definition) is 3. The molecule has 0 aliphatic heterocycles. The minimum Gasteiger partial charge on any atom is -0.480 e. The van der Waals surface area contributed by atoms with Gasteiger partial charge in [0.05, 0.1) is 5.56 Å². The number of nitrogens with two attached hydrogens (primary N) is 1. The first kappa shape index (κ1) is 22.0. The average molecular weight is 423 g/mol. The highest BCUT2D eigenvalue weighted by molar-refractivity contribution is 6.05. The monoisotopic (exact) mass is 423 g/mol. The van der Waals surface area contributed by atoms with E-state index in [-0.39, 0.29) is 6.42 Å². The Bertz CT molecular complexity index is 1170. The smallest absolute Gasteiger partial charge is 0.339 e. The molecule has 4 aromatic rings. The molecule has 0 saturated heterocycles.